The molecule has 2 aromatic carbocycles. The second-order valence-electron chi connectivity index (χ2n) is 4.12. The molecule has 0 radical (unpaired) electrons. The zero-order valence-corrected chi connectivity index (χ0v) is 10.6. The Morgan fingerprint density at radius 2 is 1.20 bits per heavy atom. The summed E-state index contributed by atoms with van der Waals surface area (Å²) >= 11 is 0. The predicted octanol–water partition coefficient (Wildman–Crippen LogP) is 4.15. The summed E-state index contributed by atoms with van der Waals surface area (Å²) in [4.78, 5) is 10.3. The Kier molecular flexibility index (Phi) is 4.56. The van der Waals surface area contributed by atoms with Gasteiger partial charge in [-0.2, -0.15) is 0 Å². The van der Waals surface area contributed by atoms with Crippen molar-refractivity contribution in [2.24, 2.45) is 0 Å². The number of aldehydes is 1. The monoisotopic (exact) mass is 270 g/mol. The third-order valence-corrected chi connectivity index (χ3v) is 2.76. The summed E-state index contributed by atoms with van der Waals surface area (Å²) in [6, 6.07) is 12.0. The van der Waals surface area contributed by atoms with Crippen LogP contribution >= 0.6 is 0 Å². The van der Waals surface area contributed by atoms with Crippen LogP contribution < -0.4 is 0 Å². The first-order valence-corrected chi connectivity index (χ1v) is 6.05. The van der Waals surface area contributed by atoms with Gasteiger partial charge in [0, 0.05) is 0 Å². The summed E-state index contributed by atoms with van der Waals surface area (Å²) in [7, 11) is 0. The summed E-state index contributed by atoms with van der Waals surface area (Å²) in [5.74, 6) is -0.647. The van der Waals surface area contributed by atoms with Gasteiger partial charge in [-0.1, -0.05) is 36.4 Å². The molecule has 0 aliphatic heterocycles. The molecule has 0 heterocycles. The molecular formula is C17H12F2O. The van der Waals surface area contributed by atoms with Crippen LogP contribution in [-0.4, -0.2) is 6.29 Å². The fourth-order valence-electron chi connectivity index (χ4n) is 1.82. The molecule has 0 bridgehead atoms. The Bertz CT molecular complexity index is 590. The van der Waals surface area contributed by atoms with Crippen LogP contribution in [0.4, 0.5) is 8.78 Å². The Balaban J connectivity index is 2.46. The van der Waals surface area contributed by atoms with Crippen molar-refractivity contribution < 1.29 is 13.6 Å². The molecule has 0 saturated carbocycles. The number of carbonyl (C=O) groups excluding carboxylic acids is 1. The van der Waals surface area contributed by atoms with Gasteiger partial charge in [0.25, 0.3) is 0 Å². The number of rotatable bonds is 4. The smallest absolute Gasteiger partial charge is 0.142 e. The molecule has 0 atom stereocenters. The van der Waals surface area contributed by atoms with Gasteiger partial charge in [-0.15, -0.1) is 0 Å². The summed E-state index contributed by atoms with van der Waals surface area (Å²) < 4.78 is 26.0. The maximum absolute atomic E-state index is 13.0. The second kappa shape index (κ2) is 6.57. The molecule has 2 rings (SSSR count). The summed E-state index contributed by atoms with van der Waals surface area (Å²) in [6.07, 6.45) is 5.35. The number of hydrogen-bond acceptors (Lipinski definition) is 1. The first kappa shape index (κ1) is 13.9. The molecule has 0 spiro atoms. The molecule has 0 aliphatic carbocycles. The fraction of sp³-hybridized carbons (Fsp3) is 0. The maximum atomic E-state index is 13.0. The van der Waals surface area contributed by atoms with Gasteiger partial charge in [0.1, 0.15) is 17.9 Å². The van der Waals surface area contributed by atoms with E-state index in [1.54, 1.807) is 36.4 Å². The highest BCUT2D eigenvalue weighted by Gasteiger charge is 2.04. The van der Waals surface area contributed by atoms with Crippen LogP contribution in [0.5, 0.6) is 0 Å². The molecule has 0 amide bonds. The lowest BCUT2D eigenvalue weighted by atomic mass is 9.97. The minimum atomic E-state index is -0.323. The normalized spacial score (nSPS) is 10.5. The third-order valence-electron chi connectivity index (χ3n) is 2.76. The van der Waals surface area contributed by atoms with Gasteiger partial charge in [-0.25, -0.2) is 8.78 Å². The van der Waals surface area contributed by atoms with Crippen LogP contribution in [0.3, 0.4) is 0 Å². The minimum Gasteiger partial charge on any atom is -0.299 e. The molecule has 0 saturated heterocycles. The van der Waals surface area contributed by atoms with E-state index in [9.17, 15) is 13.6 Å². The van der Waals surface area contributed by atoms with Crippen molar-refractivity contribution in [1.82, 2.24) is 0 Å². The largest absolute Gasteiger partial charge is 0.299 e. The number of allylic oxidation sites excluding steroid dienone is 3. The van der Waals surface area contributed by atoms with E-state index in [-0.39, 0.29) is 11.6 Å². The molecule has 0 N–H and O–H groups in total. The number of halogens is 2. The highest BCUT2D eigenvalue weighted by atomic mass is 19.1. The van der Waals surface area contributed by atoms with Gasteiger partial charge >= 0.3 is 0 Å². The van der Waals surface area contributed by atoms with E-state index in [4.69, 9.17) is 0 Å². The van der Waals surface area contributed by atoms with Crippen molar-refractivity contribution in [2.75, 3.05) is 0 Å². The molecule has 0 fully saturated rings. The van der Waals surface area contributed by atoms with Gasteiger partial charge in [0.2, 0.25) is 0 Å². The Morgan fingerprint density at radius 1 is 0.750 bits per heavy atom. The molecule has 0 aromatic heterocycles. The standard InChI is InChI=1S/C17H12F2O/c18-15-8-4-13(5-9-15)17(3-1-2-12-20)14-6-10-16(19)11-7-14/h1-12H/b2-1+. The van der Waals surface area contributed by atoms with Crippen molar-refractivity contribution in [2.45, 2.75) is 0 Å². The quantitative estimate of drug-likeness (QED) is 0.463. The van der Waals surface area contributed by atoms with Crippen LogP contribution in [0, 0.1) is 11.6 Å². The molecule has 100 valence electrons. The maximum Gasteiger partial charge on any atom is 0.142 e. The van der Waals surface area contributed by atoms with Gasteiger partial charge < -0.3 is 0 Å². The van der Waals surface area contributed by atoms with Gasteiger partial charge in [0.05, 0.1) is 0 Å². The van der Waals surface area contributed by atoms with E-state index < -0.39 is 0 Å². The molecule has 20 heavy (non-hydrogen) atoms. The summed E-state index contributed by atoms with van der Waals surface area (Å²) in [5.41, 5.74) is 2.35. The Hall–Kier alpha value is -2.55. The first-order chi connectivity index (χ1) is 9.70. The lowest BCUT2D eigenvalue weighted by molar-refractivity contribution is -0.104. The minimum absolute atomic E-state index is 0.323. The molecular weight excluding hydrogens is 258 g/mol. The lowest BCUT2D eigenvalue weighted by Crippen LogP contribution is -1.89. The van der Waals surface area contributed by atoms with Crippen LogP contribution in [0.25, 0.3) is 5.57 Å². The SMILES string of the molecule is O=C/C=C/C=C(c1ccc(F)cc1)c1ccc(F)cc1. The second-order valence-corrected chi connectivity index (χ2v) is 4.12. The van der Waals surface area contributed by atoms with E-state index in [1.807, 2.05) is 0 Å². The van der Waals surface area contributed by atoms with Crippen LogP contribution in [-0.2, 0) is 4.79 Å². The van der Waals surface area contributed by atoms with E-state index in [0.29, 0.717) is 6.29 Å². The summed E-state index contributed by atoms with van der Waals surface area (Å²) in [5, 5.41) is 0. The van der Waals surface area contributed by atoms with E-state index in [2.05, 4.69) is 0 Å². The molecule has 3 heteroatoms. The average Bonchev–Trinajstić information content (AvgIpc) is 2.46. The molecule has 0 unspecified atom stereocenters. The van der Waals surface area contributed by atoms with E-state index in [1.165, 1.54) is 30.3 Å². The molecule has 0 aliphatic rings. The average molecular weight is 270 g/mol. The third kappa shape index (κ3) is 3.48. The first-order valence-electron chi connectivity index (χ1n) is 6.05. The van der Waals surface area contributed by atoms with Crippen LogP contribution in [0.1, 0.15) is 11.1 Å². The zero-order valence-electron chi connectivity index (χ0n) is 10.6. The topological polar surface area (TPSA) is 17.1 Å². The highest BCUT2D eigenvalue weighted by Crippen LogP contribution is 2.24. The molecule has 1 nitrogen and oxygen atoms in total. The van der Waals surface area contributed by atoms with Gasteiger partial charge in [-0.3, -0.25) is 4.79 Å². The van der Waals surface area contributed by atoms with Crippen LogP contribution in [0.2, 0.25) is 0 Å². The predicted molar refractivity (Wildman–Crippen MR) is 75.1 cm³/mol. The zero-order chi connectivity index (χ0) is 14.4. The van der Waals surface area contributed by atoms with Crippen molar-refractivity contribution in [3.8, 4) is 0 Å². The van der Waals surface area contributed by atoms with Crippen LogP contribution in [0.15, 0.2) is 66.8 Å². The Labute approximate surface area is 115 Å². The summed E-state index contributed by atoms with van der Waals surface area (Å²) in [6.45, 7) is 0. The van der Waals surface area contributed by atoms with Crippen molar-refractivity contribution >= 4 is 11.9 Å². The van der Waals surface area contributed by atoms with Crippen molar-refractivity contribution in [1.29, 1.82) is 0 Å². The van der Waals surface area contributed by atoms with Crippen molar-refractivity contribution in [3.05, 3.63) is 89.5 Å². The number of benzene rings is 2. The number of hydrogen-bond donors (Lipinski definition) is 0. The highest BCUT2D eigenvalue weighted by molar-refractivity contribution is 5.81. The Morgan fingerprint density at radius 3 is 1.60 bits per heavy atom. The van der Waals surface area contributed by atoms with E-state index >= 15 is 0 Å². The number of carbonyl (C=O) groups is 1. The molecule has 2 aromatic rings. The van der Waals surface area contributed by atoms with Crippen molar-refractivity contribution in [3.63, 3.8) is 0 Å². The fourth-order valence-corrected chi connectivity index (χ4v) is 1.82. The van der Waals surface area contributed by atoms with Gasteiger partial charge in [-0.05, 0) is 47.0 Å². The lowest BCUT2D eigenvalue weighted by Gasteiger charge is -2.08. The van der Waals surface area contributed by atoms with Gasteiger partial charge in [0.15, 0.2) is 0 Å². The van der Waals surface area contributed by atoms with E-state index in [0.717, 1.165) is 16.7 Å².